The third kappa shape index (κ3) is 3.87. The van der Waals surface area contributed by atoms with Crippen molar-refractivity contribution in [1.29, 1.82) is 0 Å². The van der Waals surface area contributed by atoms with E-state index in [1.807, 2.05) is 54.0 Å². The Kier molecular flexibility index (Phi) is 5.33. The fourth-order valence-electron chi connectivity index (χ4n) is 3.40. The Labute approximate surface area is 170 Å². The lowest BCUT2D eigenvalue weighted by molar-refractivity contribution is 0.354. The third-order valence-corrected chi connectivity index (χ3v) is 4.85. The molecule has 0 aliphatic heterocycles. The highest BCUT2D eigenvalue weighted by molar-refractivity contribution is 5.78. The molecular formula is C23H24N4O2. The van der Waals surface area contributed by atoms with Crippen LogP contribution in [0.2, 0.25) is 0 Å². The van der Waals surface area contributed by atoms with Crippen molar-refractivity contribution < 1.29 is 9.47 Å². The maximum absolute atomic E-state index is 5.39. The van der Waals surface area contributed by atoms with Gasteiger partial charge in [0.15, 0.2) is 17.1 Å². The van der Waals surface area contributed by atoms with Gasteiger partial charge in [0, 0.05) is 23.9 Å². The number of benzene rings is 2. The quantitative estimate of drug-likeness (QED) is 0.509. The van der Waals surface area contributed by atoms with E-state index in [0.717, 1.165) is 52.8 Å². The second-order valence-electron chi connectivity index (χ2n) is 6.81. The van der Waals surface area contributed by atoms with Gasteiger partial charge in [0.05, 0.1) is 20.4 Å². The molecule has 2 aromatic carbocycles. The predicted octanol–water partition coefficient (Wildman–Crippen LogP) is 4.38. The van der Waals surface area contributed by atoms with E-state index in [0.29, 0.717) is 0 Å². The van der Waals surface area contributed by atoms with Crippen molar-refractivity contribution in [2.45, 2.75) is 13.3 Å². The fourth-order valence-corrected chi connectivity index (χ4v) is 3.40. The van der Waals surface area contributed by atoms with Gasteiger partial charge in [-0.05, 0) is 36.6 Å². The molecule has 0 radical (unpaired) electrons. The molecule has 4 aromatic rings. The highest BCUT2D eigenvalue weighted by Gasteiger charge is 2.12. The second-order valence-corrected chi connectivity index (χ2v) is 6.81. The van der Waals surface area contributed by atoms with Crippen LogP contribution in [0.15, 0.2) is 60.8 Å². The minimum Gasteiger partial charge on any atom is -0.493 e. The normalized spacial score (nSPS) is 10.9. The summed E-state index contributed by atoms with van der Waals surface area (Å²) in [5.74, 6) is 2.41. The van der Waals surface area contributed by atoms with Crippen molar-refractivity contribution >= 4 is 11.5 Å². The molecule has 2 aromatic heterocycles. The molecule has 6 nitrogen and oxygen atoms in total. The average molecular weight is 388 g/mol. The number of nitrogens with zero attached hydrogens (tertiary/aromatic N) is 3. The maximum atomic E-state index is 5.39. The summed E-state index contributed by atoms with van der Waals surface area (Å²) < 4.78 is 12.6. The van der Waals surface area contributed by atoms with Crippen LogP contribution in [0.1, 0.15) is 11.3 Å². The van der Waals surface area contributed by atoms with E-state index in [-0.39, 0.29) is 0 Å². The summed E-state index contributed by atoms with van der Waals surface area (Å²) in [6.45, 7) is 2.76. The number of rotatable bonds is 7. The summed E-state index contributed by atoms with van der Waals surface area (Å²) >= 11 is 0. The standard InChI is InChI=1S/C23H24N4O2/c1-16-13-22(24-12-11-17-9-10-20(28-2)21(14-17)29-3)27-23(26-16)19(15-25-27)18-7-5-4-6-8-18/h4-10,13-15,24H,11-12H2,1-3H3. The molecule has 1 N–H and O–H groups in total. The molecule has 0 amide bonds. The van der Waals surface area contributed by atoms with Crippen molar-refractivity contribution in [2.75, 3.05) is 26.1 Å². The lowest BCUT2D eigenvalue weighted by Gasteiger charge is -2.12. The summed E-state index contributed by atoms with van der Waals surface area (Å²) in [5.41, 5.74) is 5.10. The van der Waals surface area contributed by atoms with E-state index < -0.39 is 0 Å². The van der Waals surface area contributed by atoms with Crippen LogP contribution in [0, 0.1) is 6.92 Å². The number of hydrogen-bond acceptors (Lipinski definition) is 5. The monoisotopic (exact) mass is 388 g/mol. The molecule has 0 spiro atoms. The Morgan fingerprint density at radius 2 is 1.76 bits per heavy atom. The molecular weight excluding hydrogens is 364 g/mol. The number of nitrogens with one attached hydrogen (secondary N) is 1. The van der Waals surface area contributed by atoms with Gasteiger partial charge in [0.2, 0.25) is 0 Å². The molecule has 0 unspecified atom stereocenters. The lowest BCUT2D eigenvalue weighted by Crippen LogP contribution is -2.10. The SMILES string of the molecule is COc1ccc(CCNc2cc(C)nc3c(-c4ccccc4)cnn23)cc1OC. The Morgan fingerprint density at radius 1 is 0.966 bits per heavy atom. The molecule has 0 fully saturated rings. The van der Waals surface area contributed by atoms with Gasteiger partial charge < -0.3 is 14.8 Å². The van der Waals surface area contributed by atoms with Crippen LogP contribution in [0.25, 0.3) is 16.8 Å². The Morgan fingerprint density at radius 3 is 2.52 bits per heavy atom. The number of aromatic nitrogens is 3. The largest absolute Gasteiger partial charge is 0.493 e. The number of aryl methyl sites for hydroxylation is 1. The minimum atomic E-state index is 0.737. The maximum Gasteiger partial charge on any atom is 0.165 e. The molecule has 0 atom stereocenters. The van der Waals surface area contributed by atoms with Gasteiger partial charge in [-0.15, -0.1) is 0 Å². The average Bonchev–Trinajstić information content (AvgIpc) is 3.18. The molecule has 2 heterocycles. The molecule has 4 rings (SSSR count). The van der Waals surface area contributed by atoms with E-state index >= 15 is 0 Å². The zero-order valence-corrected chi connectivity index (χ0v) is 16.8. The first-order valence-corrected chi connectivity index (χ1v) is 9.55. The highest BCUT2D eigenvalue weighted by Crippen LogP contribution is 2.28. The number of fused-ring (bicyclic) bond motifs is 1. The smallest absolute Gasteiger partial charge is 0.165 e. The van der Waals surface area contributed by atoms with E-state index in [9.17, 15) is 0 Å². The van der Waals surface area contributed by atoms with Crippen LogP contribution in [0.4, 0.5) is 5.82 Å². The Balaban J connectivity index is 1.55. The molecule has 0 bridgehead atoms. The molecule has 0 aliphatic carbocycles. The summed E-state index contributed by atoms with van der Waals surface area (Å²) in [5, 5.41) is 8.06. The number of hydrogen-bond donors (Lipinski definition) is 1. The minimum absolute atomic E-state index is 0.737. The van der Waals surface area contributed by atoms with E-state index in [4.69, 9.17) is 14.5 Å². The van der Waals surface area contributed by atoms with Gasteiger partial charge in [0.1, 0.15) is 5.82 Å². The molecule has 0 saturated heterocycles. The zero-order valence-electron chi connectivity index (χ0n) is 16.8. The van der Waals surface area contributed by atoms with Crippen LogP contribution in [0.5, 0.6) is 11.5 Å². The number of methoxy groups -OCH3 is 2. The second kappa shape index (κ2) is 8.22. The first kappa shape index (κ1) is 18.8. The summed E-state index contributed by atoms with van der Waals surface area (Å²) in [6, 6.07) is 18.2. The van der Waals surface area contributed by atoms with Crippen molar-refractivity contribution in [3.05, 3.63) is 72.1 Å². The molecule has 0 aliphatic rings. The first-order valence-electron chi connectivity index (χ1n) is 9.55. The third-order valence-electron chi connectivity index (χ3n) is 4.85. The lowest BCUT2D eigenvalue weighted by atomic mass is 10.1. The van der Waals surface area contributed by atoms with Crippen LogP contribution in [-0.4, -0.2) is 35.4 Å². The van der Waals surface area contributed by atoms with Crippen LogP contribution in [0.3, 0.4) is 0 Å². The van der Waals surface area contributed by atoms with Gasteiger partial charge in [0.25, 0.3) is 0 Å². The van der Waals surface area contributed by atoms with Crippen LogP contribution < -0.4 is 14.8 Å². The fraction of sp³-hybridized carbons (Fsp3) is 0.217. The summed E-state index contributed by atoms with van der Waals surface area (Å²) in [7, 11) is 3.29. The molecule has 6 heteroatoms. The zero-order chi connectivity index (χ0) is 20.2. The molecule has 148 valence electrons. The van der Waals surface area contributed by atoms with Gasteiger partial charge in [-0.3, -0.25) is 0 Å². The van der Waals surface area contributed by atoms with E-state index in [1.165, 1.54) is 5.56 Å². The Hall–Kier alpha value is -3.54. The van der Waals surface area contributed by atoms with E-state index in [2.05, 4.69) is 28.6 Å². The molecule has 29 heavy (non-hydrogen) atoms. The summed E-state index contributed by atoms with van der Waals surface area (Å²) in [4.78, 5) is 4.71. The summed E-state index contributed by atoms with van der Waals surface area (Å²) in [6.07, 6.45) is 2.71. The number of ether oxygens (including phenoxy) is 2. The van der Waals surface area contributed by atoms with Gasteiger partial charge in [-0.25, -0.2) is 4.98 Å². The highest BCUT2D eigenvalue weighted by atomic mass is 16.5. The van der Waals surface area contributed by atoms with Crippen molar-refractivity contribution in [1.82, 2.24) is 14.6 Å². The van der Waals surface area contributed by atoms with Gasteiger partial charge in [-0.2, -0.15) is 9.61 Å². The Bertz CT molecular complexity index is 1120. The van der Waals surface area contributed by atoms with Gasteiger partial charge in [-0.1, -0.05) is 36.4 Å². The van der Waals surface area contributed by atoms with Gasteiger partial charge >= 0.3 is 0 Å². The van der Waals surface area contributed by atoms with Crippen molar-refractivity contribution in [3.8, 4) is 22.6 Å². The van der Waals surface area contributed by atoms with Crippen molar-refractivity contribution in [3.63, 3.8) is 0 Å². The van der Waals surface area contributed by atoms with Crippen LogP contribution >= 0.6 is 0 Å². The topological polar surface area (TPSA) is 60.7 Å². The predicted molar refractivity (Wildman–Crippen MR) is 115 cm³/mol. The molecule has 0 saturated carbocycles. The first-order chi connectivity index (χ1) is 14.2. The number of anilines is 1. The van der Waals surface area contributed by atoms with Crippen molar-refractivity contribution in [2.24, 2.45) is 0 Å². The van der Waals surface area contributed by atoms with E-state index in [1.54, 1.807) is 14.2 Å². The van der Waals surface area contributed by atoms with Crippen LogP contribution in [-0.2, 0) is 6.42 Å².